The van der Waals surface area contributed by atoms with Crippen molar-refractivity contribution in [2.45, 2.75) is 20.8 Å². The van der Waals surface area contributed by atoms with Gasteiger partial charge in [0.25, 0.3) is 0 Å². The van der Waals surface area contributed by atoms with Gasteiger partial charge < -0.3 is 5.73 Å². The molecule has 0 aromatic rings. The van der Waals surface area contributed by atoms with Crippen LogP contribution < -0.4 is 5.73 Å². The molecule has 0 amide bonds. The van der Waals surface area contributed by atoms with Gasteiger partial charge in [0.1, 0.15) is 4.99 Å². The molecule has 0 radical (unpaired) electrons. The van der Waals surface area contributed by atoms with Gasteiger partial charge in [-0.3, -0.25) is 0 Å². The van der Waals surface area contributed by atoms with Crippen molar-refractivity contribution in [2.75, 3.05) is 0 Å². The molecule has 0 bridgehead atoms. The van der Waals surface area contributed by atoms with Crippen molar-refractivity contribution in [1.29, 1.82) is 0 Å². The lowest BCUT2D eigenvalue weighted by Crippen LogP contribution is -1.90. The summed E-state index contributed by atoms with van der Waals surface area (Å²) in [5.41, 5.74) is 4.85. The molecule has 0 aliphatic carbocycles. The zero-order chi connectivity index (χ0) is 6.99. The second-order valence-electron chi connectivity index (χ2n) is 0.797. The third kappa shape index (κ3) is 17.6. The smallest absolute Gasteiger partial charge is 0.102 e. The van der Waals surface area contributed by atoms with Crippen LogP contribution in [0.25, 0.3) is 0 Å². The van der Waals surface area contributed by atoms with Crippen LogP contribution >= 0.6 is 12.2 Å². The number of aliphatic imine (C=N–C) groups is 1. The SMILES string of the molecule is CC.CC(=S)N=CN. The molecule has 3 heteroatoms. The Morgan fingerprint density at radius 3 is 2.00 bits per heavy atom. The van der Waals surface area contributed by atoms with Crippen LogP contribution in [0.5, 0.6) is 0 Å². The van der Waals surface area contributed by atoms with E-state index in [1.54, 1.807) is 6.92 Å². The topological polar surface area (TPSA) is 38.4 Å². The van der Waals surface area contributed by atoms with E-state index in [4.69, 9.17) is 5.73 Å². The first kappa shape index (κ1) is 10.5. The van der Waals surface area contributed by atoms with Gasteiger partial charge in [-0.2, -0.15) is 0 Å². The molecule has 0 aromatic carbocycles. The summed E-state index contributed by atoms with van der Waals surface area (Å²) in [6.07, 6.45) is 1.18. The van der Waals surface area contributed by atoms with Gasteiger partial charge in [-0.25, -0.2) is 4.99 Å². The van der Waals surface area contributed by atoms with E-state index in [-0.39, 0.29) is 0 Å². The van der Waals surface area contributed by atoms with Crippen molar-refractivity contribution in [3.05, 3.63) is 0 Å². The molecule has 0 aromatic heterocycles. The Kier molecular flexibility index (Phi) is 12.8. The molecule has 0 atom stereocenters. The molecule has 48 valence electrons. The van der Waals surface area contributed by atoms with E-state index in [9.17, 15) is 0 Å². The molecule has 0 aliphatic heterocycles. The fourth-order valence-electron chi connectivity index (χ4n) is 0.105. The number of rotatable bonds is 0. The van der Waals surface area contributed by atoms with E-state index in [1.807, 2.05) is 13.8 Å². The molecule has 0 spiro atoms. The highest BCUT2D eigenvalue weighted by atomic mass is 32.1. The van der Waals surface area contributed by atoms with Crippen molar-refractivity contribution in [3.8, 4) is 0 Å². The van der Waals surface area contributed by atoms with E-state index in [0.29, 0.717) is 4.99 Å². The zero-order valence-corrected chi connectivity index (χ0v) is 6.33. The van der Waals surface area contributed by atoms with Crippen molar-refractivity contribution in [1.82, 2.24) is 0 Å². The van der Waals surface area contributed by atoms with Crippen molar-refractivity contribution in [3.63, 3.8) is 0 Å². The van der Waals surface area contributed by atoms with E-state index in [1.165, 1.54) is 6.34 Å². The minimum atomic E-state index is 0.567. The van der Waals surface area contributed by atoms with Gasteiger partial charge in [0.15, 0.2) is 0 Å². The van der Waals surface area contributed by atoms with Crippen molar-refractivity contribution < 1.29 is 0 Å². The molecular formula is C5H12N2S. The maximum Gasteiger partial charge on any atom is 0.102 e. The average molecular weight is 132 g/mol. The van der Waals surface area contributed by atoms with E-state index >= 15 is 0 Å². The molecule has 2 nitrogen and oxygen atoms in total. The normalized spacial score (nSPS) is 7.88. The minimum Gasteiger partial charge on any atom is -0.390 e. The molecule has 0 unspecified atom stereocenters. The summed E-state index contributed by atoms with van der Waals surface area (Å²) in [4.78, 5) is 4.08. The number of nitrogens with zero attached hydrogens (tertiary/aromatic N) is 1. The Hall–Kier alpha value is -0.440. The van der Waals surface area contributed by atoms with Crippen molar-refractivity contribution >= 4 is 23.5 Å². The quantitative estimate of drug-likeness (QED) is 0.307. The van der Waals surface area contributed by atoms with E-state index in [0.717, 1.165) is 0 Å². The number of thiocarbonyl (C=S) groups is 1. The predicted octanol–water partition coefficient (Wildman–Crippen LogP) is 1.35. The second-order valence-corrected chi connectivity index (χ2v) is 1.39. The van der Waals surface area contributed by atoms with Crippen LogP contribution in [0.1, 0.15) is 20.8 Å². The summed E-state index contributed by atoms with van der Waals surface area (Å²) in [6, 6.07) is 0. The Bertz CT molecular complexity index is 78.5. The average Bonchev–Trinajstić information content (AvgIpc) is 1.72. The van der Waals surface area contributed by atoms with Crippen LogP contribution in [0.2, 0.25) is 0 Å². The predicted molar refractivity (Wildman–Crippen MR) is 42.3 cm³/mol. The first-order valence-corrected chi connectivity index (χ1v) is 2.93. The standard InChI is InChI=1S/C3H6N2S.C2H6/c1-3(6)5-2-4;1-2/h2H,1H3,(H2,4,5,6);1-2H3. The van der Waals surface area contributed by atoms with Gasteiger partial charge in [0.2, 0.25) is 0 Å². The molecule has 2 N–H and O–H groups in total. The molecule has 0 fully saturated rings. The molecular weight excluding hydrogens is 120 g/mol. The lowest BCUT2D eigenvalue weighted by Gasteiger charge is -1.74. The van der Waals surface area contributed by atoms with Crippen LogP contribution in [0.3, 0.4) is 0 Å². The molecule has 8 heavy (non-hydrogen) atoms. The number of nitrogens with two attached hydrogens (primary N) is 1. The summed E-state index contributed by atoms with van der Waals surface area (Å²) in [5.74, 6) is 0. The fourth-order valence-corrected chi connectivity index (χ4v) is 0.166. The van der Waals surface area contributed by atoms with Crippen LogP contribution in [0.4, 0.5) is 0 Å². The van der Waals surface area contributed by atoms with Gasteiger partial charge in [-0.05, 0) is 6.92 Å². The number of hydrogen-bond donors (Lipinski definition) is 1. The minimum absolute atomic E-state index is 0.567. The molecule has 0 rings (SSSR count). The van der Waals surface area contributed by atoms with Gasteiger partial charge in [-0.15, -0.1) is 0 Å². The summed E-state index contributed by atoms with van der Waals surface area (Å²) in [7, 11) is 0. The van der Waals surface area contributed by atoms with Gasteiger partial charge >= 0.3 is 0 Å². The highest BCUT2D eigenvalue weighted by Crippen LogP contribution is 1.69. The third-order valence-corrected chi connectivity index (χ3v) is 0.362. The number of hydrogen-bond acceptors (Lipinski definition) is 1. The highest BCUT2D eigenvalue weighted by Gasteiger charge is 1.67. The van der Waals surface area contributed by atoms with Crippen LogP contribution in [-0.4, -0.2) is 11.3 Å². The van der Waals surface area contributed by atoms with E-state index < -0.39 is 0 Å². The Labute approximate surface area is 55.8 Å². The first-order valence-electron chi connectivity index (χ1n) is 2.52. The summed E-state index contributed by atoms with van der Waals surface area (Å²) in [6.45, 7) is 5.71. The highest BCUT2D eigenvalue weighted by molar-refractivity contribution is 7.80. The van der Waals surface area contributed by atoms with Gasteiger partial charge in [0.05, 0.1) is 6.34 Å². The largest absolute Gasteiger partial charge is 0.390 e. The first-order chi connectivity index (χ1) is 3.77. The molecule has 0 saturated heterocycles. The Balaban J connectivity index is 0. The summed E-state index contributed by atoms with van der Waals surface area (Å²) < 4.78 is 0. The monoisotopic (exact) mass is 132 g/mol. The lowest BCUT2D eigenvalue weighted by molar-refractivity contribution is 1.50. The second kappa shape index (κ2) is 9.75. The molecule has 0 heterocycles. The molecule has 0 saturated carbocycles. The van der Waals surface area contributed by atoms with Crippen LogP contribution in [0, 0.1) is 0 Å². The fraction of sp³-hybridized carbons (Fsp3) is 0.600. The Morgan fingerprint density at radius 1 is 1.62 bits per heavy atom. The van der Waals surface area contributed by atoms with Gasteiger partial charge in [0, 0.05) is 0 Å². The van der Waals surface area contributed by atoms with Crippen molar-refractivity contribution in [2.24, 2.45) is 10.7 Å². The van der Waals surface area contributed by atoms with Crippen LogP contribution in [-0.2, 0) is 0 Å². The lowest BCUT2D eigenvalue weighted by atomic mass is 10.8. The third-order valence-electron chi connectivity index (χ3n) is 0.256. The van der Waals surface area contributed by atoms with Crippen LogP contribution in [0.15, 0.2) is 4.99 Å². The zero-order valence-electron chi connectivity index (χ0n) is 5.51. The Morgan fingerprint density at radius 2 is 2.00 bits per heavy atom. The summed E-state index contributed by atoms with van der Waals surface area (Å²) >= 11 is 4.52. The summed E-state index contributed by atoms with van der Waals surface area (Å²) in [5, 5.41) is 0. The molecule has 0 aliphatic rings. The maximum atomic E-state index is 4.85. The van der Waals surface area contributed by atoms with E-state index in [2.05, 4.69) is 17.2 Å². The van der Waals surface area contributed by atoms with Gasteiger partial charge in [-0.1, -0.05) is 26.1 Å². The maximum absolute atomic E-state index is 4.85.